The van der Waals surface area contributed by atoms with Gasteiger partial charge in [-0.1, -0.05) is 0 Å². The first-order chi connectivity index (χ1) is 13.6. The second-order valence-corrected chi connectivity index (χ2v) is 6.00. The van der Waals surface area contributed by atoms with Crippen LogP contribution in [0, 0.1) is 0 Å². The molecule has 8 heteroatoms. The zero-order valence-electron chi connectivity index (χ0n) is 16.5. The Balaban J connectivity index is 2.13. The van der Waals surface area contributed by atoms with Crippen molar-refractivity contribution in [3.8, 4) is 28.7 Å². The molecule has 0 unspecified atom stereocenters. The largest absolute Gasteiger partial charge is 0.493 e. The Hall–Kier alpha value is -2.68. The SMILES string of the molecule is COc1cc([C@@H](O)c2cc3c(cc2C(OC)OC)OCO3)cc(OC)c1OC. The minimum Gasteiger partial charge on any atom is -0.493 e. The molecule has 0 aromatic heterocycles. The summed E-state index contributed by atoms with van der Waals surface area (Å²) in [6.07, 6.45) is -1.73. The molecule has 28 heavy (non-hydrogen) atoms. The molecule has 0 saturated carbocycles. The molecule has 0 spiro atoms. The van der Waals surface area contributed by atoms with Gasteiger partial charge in [0, 0.05) is 19.8 Å². The number of benzene rings is 2. The molecule has 152 valence electrons. The van der Waals surface area contributed by atoms with Crippen LogP contribution in [0.1, 0.15) is 29.1 Å². The second kappa shape index (κ2) is 8.55. The van der Waals surface area contributed by atoms with E-state index >= 15 is 0 Å². The maximum absolute atomic E-state index is 11.2. The lowest BCUT2D eigenvalue weighted by Gasteiger charge is -2.23. The Morgan fingerprint density at radius 2 is 1.32 bits per heavy atom. The van der Waals surface area contributed by atoms with Gasteiger partial charge in [-0.3, -0.25) is 0 Å². The van der Waals surface area contributed by atoms with E-state index in [-0.39, 0.29) is 6.79 Å². The van der Waals surface area contributed by atoms with Crippen molar-refractivity contribution < 1.29 is 38.3 Å². The summed E-state index contributed by atoms with van der Waals surface area (Å²) in [5, 5.41) is 11.2. The molecule has 1 heterocycles. The molecule has 0 amide bonds. The zero-order valence-corrected chi connectivity index (χ0v) is 16.5. The van der Waals surface area contributed by atoms with Gasteiger partial charge in [0.25, 0.3) is 0 Å². The van der Waals surface area contributed by atoms with Crippen LogP contribution in [-0.2, 0) is 9.47 Å². The summed E-state index contributed by atoms with van der Waals surface area (Å²) in [4.78, 5) is 0. The summed E-state index contributed by atoms with van der Waals surface area (Å²) in [6.45, 7) is 0.114. The quantitative estimate of drug-likeness (QED) is 0.687. The number of fused-ring (bicyclic) bond motifs is 1. The van der Waals surface area contributed by atoms with Gasteiger partial charge >= 0.3 is 0 Å². The lowest BCUT2D eigenvalue weighted by Crippen LogP contribution is -2.11. The summed E-state index contributed by atoms with van der Waals surface area (Å²) in [5.74, 6) is 2.42. The fraction of sp³-hybridized carbons (Fsp3) is 0.400. The molecule has 1 aliphatic rings. The van der Waals surface area contributed by atoms with E-state index in [9.17, 15) is 5.11 Å². The molecule has 0 aliphatic carbocycles. The number of rotatable bonds is 8. The maximum Gasteiger partial charge on any atom is 0.231 e. The van der Waals surface area contributed by atoms with Crippen LogP contribution in [0.25, 0.3) is 0 Å². The van der Waals surface area contributed by atoms with E-state index in [0.29, 0.717) is 45.4 Å². The van der Waals surface area contributed by atoms with Crippen LogP contribution in [-0.4, -0.2) is 47.4 Å². The third-order valence-electron chi connectivity index (χ3n) is 4.56. The fourth-order valence-electron chi connectivity index (χ4n) is 3.20. The summed E-state index contributed by atoms with van der Waals surface area (Å²) in [6, 6.07) is 6.84. The molecule has 0 saturated heterocycles. The van der Waals surface area contributed by atoms with Crippen molar-refractivity contribution in [1.82, 2.24) is 0 Å². The van der Waals surface area contributed by atoms with Gasteiger partial charge in [0.05, 0.1) is 21.3 Å². The topological polar surface area (TPSA) is 84.8 Å². The van der Waals surface area contributed by atoms with Crippen LogP contribution in [0.4, 0.5) is 0 Å². The Bertz CT molecular complexity index is 806. The van der Waals surface area contributed by atoms with Crippen LogP contribution in [0.2, 0.25) is 0 Å². The molecule has 1 aliphatic heterocycles. The third-order valence-corrected chi connectivity index (χ3v) is 4.56. The van der Waals surface area contributed by atoms with Gasteiger partial charge in [0.1, 0.15) is 6.10 Å². The maximum atomic E-state index is 11.2. The van der Waals surface area contributed by atoms with Gasteiger partial charge in [-0.25, -0.2) is 0 Å². The predicted octanol–water partition coefficient (Wildman–Crippen LogP) is 2.81. The normalized spacial score (nSPS) is 13.5. The van der Waals surface area contributed by atoms with Crippen LogP contribution < -0.4 is 23.7 Å². The molecule has 0 radical (unpaired) electrons. The Morgan fingerprint density at radius 1 is 0.786 bits per heavy atom. The standard InChI is InChI=1S/C20H24O8/c1-22-16-6-11(7-17(23-2)19(16)24-3)18(21)12-8-14-15(28-10-27-14)9-13(12)20(25-4)26-5/h6-9,18,20-21H,10H2,1-5H3/t18-/m1/s1. The van der Waals surface area contributed by atoms with E-state index in [1.807, 2.05) is 0 Å². The van der Waals surface area contributed by atoms with Crippen molar-refractivity contribution in [2.75, 3.05) is 42.3 Å². The molecular weight excluding hydrogens is 368 g/mol. The van der Waals surface area contributed by atoms with E-state index in [1.54, 1.807) is 24.3 Å². The van der Waals surface area contributed by atoms with Crippen molar-refractivity contribution in [2.24, 2.45) is 0 Å². The lowest BCUT2D eigenvalue weighted by molar-refractivity contribution is -0.107. The van der Waals surface area contributed by atoms with Gasteiger partial charge in [0.15, 0.2) is 29.3 Å². The summed E-state index contributed by atoms with van der Waals surface area (Å²) >= 11 is 0. The number of methoxy groups -OCH3 is 5. The molecule has 0 fully saturated rings. The summed E-state index contributed by atoms with van der Waals surface area (Å²) in [5.41, 5.74) is 1.71. The summed E-state index contributed by atoms with van der Waals surface area (Å²) < 4.78 is 37.8. The second-order valence-electron chi connectivity index (χ2n) is 6.00. The van der Waals surface area contributed by atoms with Gasteiger partial charge in [-0.05, 0) is 35.4 Å². The molecule has 2 aromatic rings. The van der Waals surface area contributed by atoms with Gasteiger partial charge in [0.2, 0.25) is 12.5 Å². The lowest BCUT2D eigenvalue weighted by atomic mass is 9.95. The highest BCUT2D eigenvalue weighted by molar-refractivity contribution is 5.57. The van der Waals surface area contributed by atoms with Crippen LogP contribution in [0.5, 0.6) is 28.7 Å². The Morgan fingerprint density at radius 3 is 1.79 bits per heavy atom. The predicted molar refractivity (Wildman–Crippen MR) is 99.5 cm³/mol. The summed E-state index contributed by atoms with van der Waals surface area (Å²) in [7, 11) is 7.60. The fourth-order valence-corrected chi connectivity index (χ4v) is 3.20. The molecule has 1 atom stereocenters. The van der Waals surface area contributed by atoms with Crippen LogP contribution in [0.3, 0.4) is 0 Å². The van der Waals surface area contributed by atoms with Crippen LogP contribution in [0.15, 0.2) is 24.3 Å². The highest BCUT2D eigenvalue weighted by atomic mass is 16.7. The van der Waals surface area contributed by atoms with Crippen molar-refractivity contribution in [2.45, 2.75) is 12.4 Å². The first-order valence-electron chi connectivity index (χ1n) is 8.54. The molecule has 2 aromatic carbocycles. The van der Waals surface area contributed by atoms with Gasteiger partial charge in [-0.15, -0.1) is 0 Å². The van der Waals surface area contributed by atoms with Crippen molar-refractivity contribution in [3.05, 3.63) is 41.0 Å². The van der Waals surface area contributed by atoms with Gasteiger partial charge in [-0.2, -0.15) is 0 Å². The minimum atomic E-state index is -1.04. The molecule has 1 N–H and O–H groups in total. The minimum absolute atomic E-state index is 0.114. The van der Waals surface area contributed by atoms with E-state index in [1.165, 1.54) is 35.5 Å². The number of aliphatic hydroxyl groups excluding tert-OH is 1. The number of hydrogen-bond donors (Lipinski definition) is 1. The van der Waals surface area contributed by atoms with Crippen molar-refractivity contribution >= 4 is 0 Å². The van der Waals surface area contributed by atoms with E-state index in [2.05, 4.69) is 0 Å². The first kappa shape index (κ1) is 20.1. The Labute approximate surface area is 163 Å². The Kier molecular flexibility index (Phi) is 6.13. The van der Waals surface area contributed by atoms with Crippen molar-refractivity contribution in [3.63, 3.8) is 0 Å². The molecule has 3 rings (SSSR count). The molecule has 8 nitrogen and oxygen atoms in total. The highest BCUT2D eigenvalue weighted by Gasteiger charge is 2.27. The van der Waals surface area contributed by atoms with Gasteiger partial charge < -0.3 is 38.3 Å². The number of ether oxygens (including phenoxy) is 7. The van der Waals surface area contributed by atoms with Crippen molar-refractivity contribution in [1.29, 1.82) is 0 Å². The van der Waals surface area contributed by atoms with Crippen LogP contribution >= 0.6 is 0 Å². The smallest absolute Gasteiger partial charge is 0.231 e. The number of aliphatic hydroxyl groups is 1. The number of hydrogen-bond acceptors (Lipinski definition) is 8. The molecule has 0 bridgehead atoms. The molecular formula is C20H24O8. The zero-order chi connectivity index (χ0) is 20.3. The average Bonchev–Trinajstić information content (AvgIpc) is 3.19. The first-order valence-corrected chi connectivity index (χ1v) is 8.54. The van der Waals surface area contributed by atoms with E-state index in [4.69, 9.17) is 33.2 Å². The monoisotopic (exact) mass is 392 g/mol. The average molecular weight is 392 g/mol. The van der Waals surface area contributed by atoms with E-state index in [0.717, 1.165) is 0 Å². The van der Waals surface area contributed by atoms with E-state index < -0.39 is 12.4 Å². The third kappa shape index (κ3) is 3.54. The highest BCUT2D eigenvalue weighted by Crippen LogP contribution is 2.44.